The van der Waals surface area contributed by atoms with E-state index in [2.05, 4.69) is 15.1 Å². The second kappa shape index (κ2) is 4.29. The Morgan fingerprint density at radius 3 is 2.76 bits per heavy atom. The van der Waals surface area contributed by atoms with Crippen LogP contribution in [0.1, 0.15) is 24.2 Å². The average Bonchev–Trinajstić information content (AvgIpc) is 2.94. The number of halogens is 3. The minimum absolute atomic E-state index is 0.105. The summed E-state index contributed by atoms with van der Waals surface area (Å²) in [6, 6.07) is 0.942. The summed E-state index contributed by atoms with van der Waals surface area (Å²) in [5.74, 6) is 0.404. The minimum Gasteiger partial charge on any atom is -0.269 e. The first kappa shape index (κ1) is 11.8. The zero-order valence-corrected chi connectivity index (χ0v) is 8.85. The maximum absolute atomic E-state index is 12.5. The van der Waals surface area contributed by atoms with Gasteiger partial charge in [0.25, 0.3) is 0 Å². The number of nitrogens with zero attached hydrogens (tertiary/aromatic N) is 5. The molecule has 0 bridgehead atoms. The maximum Gasteiger partial charge on any atom is 0.435 e. The lowest BCUT2D eigenvalue weighted by molar-refractivity contribution is -0.141. The lowest BCUT2D eigenvalue weighted by Crippen LogP contribution is -2.09. The topological polar surface area (TPSA) is 66.6 Å². The molecular formula is C9H10F3N5. The molecule has 1 aromatic heterocycles. The summed E-state index contributed by atoms with van der Waals surface area (Å²) in [6.45, 7) is 0.360. The Bertz CT molecular complexity index is 454. The summed E-state index contributed by atoms with van der Waals surface area (Å²) < 4.78 is 38.7. The molecule has 0 aliphatic heterocycles. The Morgan fingerprint density at radius 2 is 2.24 bits per heavy atom. The fraction of sp³-hybridized carbons (Fsp3) is 0.667. The van der Waals surface area contributed by atoms with Crippen molar-refractivity contribution in [2.75, 3.05) is 0 Å². The molecular weight excluding hydrogens is 235 g/mol. The number of aromatic nitrogens is 2. The van der Waals surface area contributed by atoms with Crippen molar-refractivity contribution in [3.63, 3.8) is 0 Å². The number of hydrogen-bond acceptors (Lipinski definition) is 2. The molecule has 0 unspecified atom stereocenters. The van der Waals surface area contributed by atoms with Crippen molar-refractivity contribution in [2.24, 2.45) is 11.0 Å². The largest absolute Gasteiger partial charge is 0.435 e. The second-order valence-corrected chi connectivity index (χ2v) is 4.03. The predicted molar refractivity (Wildman–Crippen MR) is 52.8 cm³/mol. The zero-order chi connectivity index (χ0) is 12.5. The fourth-order valence-corrected chi connectivity index (χ4v) is 1.53. The number of hydrogen-bond donors (Lipinski definition) is 0. The van der Waals surface area contributed by atoms with Crippen LogP contribution in [0, 0.1) is 5.92 Å². The van der Waals surface area contributed by atoms with Gasteiger partial charge >= 0.3 is 6.18 Å². The SMILES string of the molecule is [N-]=[N+]=NCc1cc(C(F)(F)F)nn1CC1CC1. The highest BCUT2D eigenvalue weighted by Crippen LogP contribution is 2.33. The van der Waals surface area contributed by atoms with E-state index < -0.39 is 11.9 Å². The van der Waals surface area contributed by atoms with Crippen molar-refractivity contribution in [3.8, 4) is 0 Å². The van der Waals surface area contributed by atoms with Gasteiger partial charge in [-0.3, -0.25) is 4.68 Å². The van der Waals surface area contributed by atoms with Crippen LogP contribution in [0.25, 0.3) is 10.4 Å². The highest BCUT2D eigenvalue weighted by molar-refractivity contribution is 5.13. The first-order valence-electron chi connectivity index (χ1n) is 5.15. The van der Waals surface area contributed by atoms with E-state index in [0.29, 0.717) is 18.2 Å². The zero-order valence-electron chi connectivity index (χ0n) is 8.85. The molecule has 1 fully saturated rings. The molecule has 1 aromatic rings. The van der Waals surface area contributed by atoms with Crippen LogP contribution in [0.2, 0.25) is 0 Å². The molecule has 8 heteroatoms. The molecule has 0 N–H and O–H groups in total. The average molecular weight is 245 g/mol. The van der Waals surface area contributed by atoms with Gasteiger partial charge in [-0.2, -0.15) is 18.3 Å². The molecule has 5 nitrogen and oxygen atoms in total. The van der Waals surface area contributed by atoms with Crippen molar-refractivity contribution in [1.82, 2.24) is 9.78 Å². The van der Waals surface area contributed by atoms with E-state index in [-0.39, 0.29) is 6.54 Å². The van der Waals surface area contributed by atoms with Crippen LogP contribution in [-0.4, -0.2) is 9.78 Å². The van der Waals surface area contributed by atoms with Crippen molar-refractivity contribution in [1.29, 1.82) is 0 Å². The quantitative estimate of drug-likeness (QED) is 0.456. The van der Waals surface area contributed by atoms with Crippen molar-refractivity contribution in [2.45, 2.75) is 32.1 Å². The lowest BCUT2D eigenvalue weighted by Gasteiger charge is -2.03. The summed E-state index contributed by atoms with van der Waals surface area (Å²) in [4.78, 5) is 2.54. The van der Waals surface area contributed by atoms with Gasteiger partial charge in [-0.1, -0.05) is 5.11 Å². The Balaban J connectivity index is 2.25. The van der Waals surface area contributed by atoms with E-state index in [1.165, 1.54) is 4.68 Å². The molecule has 0 spiro atoms. The molecule has 1 heterocycles. The monoisotopic (exact) mass is 245 g/mol. The first-order chi connectivity index (χ1) is 8.00. The Hall–Kier alpha value is -1.69. The maximum atomic E-state index is 12.5. The number of rotatable bonds is 4. The molecule has 0 aromatic carbocycles. The summed E-state index contributed by atoms with van der Waals surface area (Å²) in [5.41, 5.74) is 7.56. The van der Waals surface area contributed by atoms with E-state index in [1.807, 2.05) is 0 Å². The molecule has 1 saturated carbocycles. The van der Waals surface area contributed by atoms with Gasteiger partial charge in [-0.25, -0.2) is 0 Å². The predicted octanol–water partition coefficient (Wildman–Crippen LogP) is 3.12. The van der Waals surface area contributed by atoms with Gasteiger partial charge in [0.2, 0.25) is 0 Å². The summed E-state index contributed by atoms with van der Waals surface area (Å²) in [6.07, 6.45) is -2.43. The van der Waals surface area contributed by atoms with Crippen LogP contribution in [0.5, 0.6) is 0 Å². The molecule has 0 amide bonds. The molecule has 1 aliphatic rings. The van der Waals surface area contributed by atoms with E-state index in [0.717, 1.165) is 18.9 Å². The third-order valence-electron chi connectivity index (χ3n) is 2.58. The van der Waals surface area contributed by atoms with E-state index >= 15 is 0 Å². The van der Waals surface area contributed by atoms with E-state index in [1.54, 1.807) is 0 Å². The van der Waals surface area contributed by atoms with Gasteiger partial charge in [0.05, 0.1) is 6.54 Å². The Morgan fingerprint density at radius 1 is 1.53 bits per heavy atom. The van der Waals surface area contributed by atoms with Gasteiger partial charge in [0.1, 0.15) is 0 Å². The van der Waals surface area contributed by atoms with Crippen LogP contribution in [-0.2, 0) is 19.3 Å². The van der Waals surface area contributed by atoms with Crippen LogP contribution in [0.15, 0.2) is 11.2 Å². The van der Waals surface area contributed by atoms with Crippen molar-refractivity contribution in [3.05, 3.63) is 27.9 Å². The minimum atomic E-state index is -4.46. The first-order valence-corrected chi connectivity index (χ1v) is 5.15. The Kier molecular flexibility index (Phi) is 2.97. The van der Waals surface area contributed by atoms with Gasteiger partial charge in [-0.15, -0.1) is 0 Å². The van der Waals surface area contributed by atoms with Crippen molar-refractivity contribution >= 4 is 0 Å². The molecule has 92 valence electrons. The van der Waals surface area contributed by atoms with Crippen LogP contribution >= 0.6 is 0 Å². The van der Waals surface area contributed by atoms with E-state index in [9.17, 15) is 13.2 Å². The smallest absolute Gasteiger partial charge is 0.269 e. The lowest BCUT2D eigenvalue weighted by atomic mass is 10.3. The molecule has 1 aliphatic carbocycles. The van der Waals surface area contributed by atoms with Gasteiger partial charge in [0.15, 0.2) is 5.69 Å². The Labute approximate surface area is 94.9 Å². The standard InChI is InChI=1S/C9H10F3N5/c10-9(11,12)8-3-7(4-14-16-13)17(15-8)5-6-1-2-6/h3,6H,1-2,4-5H2. The van der Waals surface area contributed by atoms with Crippen LogP contribution in [0.4, 0.5) is 13.2 Å². The summed E-state index contributed by atoms with van der Waals surface area (Å²) in [5, 5.41) is 6.80. The fourth-order valence-electron chi connectivity index (χ4n) is 1.53. The van der Waals surface area contributed by atoms with Gasteiger partial charge in [-0.05, 0) is 30.4 Å². The van der Waals surface area contributed by atoms with Crippen LogP contribution in [0.3, 0.4) is 0 Å². The van der Waals surface area contributed by atoms with E-state index in [4.69, 9.17) is 5.53 Å². The highest BCUT2D eigenvalue weighted by Gasteiger charge is 2.35. The number of alkyl halides is 3. The second-order valence-electron chi connectivity index (χ2n) is 4.03. The number of azide groups is 1. The third kappa shape index (κ3) is 2.91. The van der Waals surface area contributed by atoms with Gasteiger partial charge < -0.3 is 0 Å². The molecule has 0 radical (unpaired) electrons. The molecule has 2 rings (SSSR count). The third-order valence-corrected chi connectivity index (χ3v) is 2.58. The summed E-state index contributed by atoms with van der Waals surface area (Å²) in [7, 11) is 0. The summed E-state index contributed by atoms with van der Waals surface area (Å²) >= 11 is 0. The molecule has 0 saturated heterocycles. The molecule has 17 heavy (non-hydrogen) atoms. The van der Waals surface area contributed by atoms with Crippen LogP contribution < -0.4 is 0 Å². The van der Waals surface area contributed by atoms with Crippen molar-refractivity contribution < 1.29 is 13.2 Å². The normalized spacial score (nSPS) is 15.7. The van der Waals surface area contributed by atoms with Gasteiger partial charge in [0, 0.05) is 17.2 Å². The highest BCUT2D eigenvalue weighted by atomic mass is 19.4. The molecule has 0 atom stereocenters.